The number of rotatable bonds is 12. The Hall–Kier alpha value is -5.67. The lowest BCUT2D eigenvalue weighted by atomic mass is 9.81. The third-order valence-corrected chi connectivity index (χ3v) is 9.37. The first-order valence-electron chi connectivity index (χ1n) is 17.8. The Morgan fingerprint density at radius 3 is 2.24 bits per heavy atom. The third kappa shape index (κ3) is 10.5. The highest BCUT2D eigenvalue weighted by Crippen LogP contribution is 2.29. The number of hydrogen-bond donors (Lipinski definition) is 6. The maximum atomic E-state index is 13.7. The number of ether oxygens (including phenoxy) is 1. The van der Waals surface area contributed by atoms with Crippen LogP contribution in [0, 0.1) is 18.8 Å². The number of imidazole rings is 1. The number of hydrogen-bond acceptors (Lipinski definition) is 7. The number of aromatic nitrogens is 3. The number of aromatic amines is 2. The van der Waals surface area contributed by atoms with E-state index in [1.165, 1.54) is 6.07 Å². The summed E-state index contributed by atoms with van der Waals surface area (Å²) in [6.07, 6.45) is -2.51. The summed E-state index contributed by atoms with van der Waals surface area (Å²) in [5.74, 6) is -1.77. The number of nitrogens with one attached hydrogen (secondary N) is 6. The van der Waals surface area contributed by atoms with Gasteiger partial charge in [-0.15, -0.1) is 0 Å². The second-order valence-corrected chi connectivity index (χ2v) is 13.9. The van der Waals surface area contributed by atoms with Crippen molar-refractivity contribution in [1.29, 1.82) is 0 Å². The number of nitrogens with zero attached hydrogens (tertiary/aromatic N) is 1. The minimum absolute atomic E-state index is 0.145. The van der Waals surface area contributed by atoms with Crippen LogP contribution in [0.15, 0.2) is 59.4 Å². The molecule has 1 saturated carbocycles. The van der Waals surface area contributed by atoms with E-state index in [2.05, 4.69) is 30.9 Å². The Morgan fingerprint density at radius 1 is 0.907 bits per heavy atom. The Morgan fingerprint density at radius 2 is 1.59 bits per heavy atom. The average Bonchev–Trinajstić information content (AvgIpc) is 3.49. The monoisotopic (exact) mass is 751 g/mol. The fraction of sp³-hybridized carbons (Fsp3) is 0.421. The number of benzene rings is 2. The van der Waals surface area contributed by atoms with Crippen LogP contribution in [-0.2, 0) is 20.7 Å². The van der Waals surface area contributed by atoms with E-state index in [1.54, 1.807) is 69.3 Å². The van der Waals surface area contributed by atoms with E-state index in [1.807, 2.05) is 5.32 Å². The molecule has 54 heavy (non-hydrogen) atoms. The van der Waals surface area contributed by atoms with Crippen molar-refractivity contribution in [3.05, 3.63) is 82.0 Å². The van der Waals surface area contributed by atoms with Gasteiger partial charge in [0.1, 0.15) is 17.8 Å². The van der Waals surface area contributed by atoms with Gasteiger partial charge in [0.2, 0.25) is 11.8 Å². The number of alkyl carbamates (subject to hydrolysis) is 1. The summed E-state index contributed by atoms with van der Waals surface area (Å²) >= 11 is 0. The van der Waals surface area contributed by atoms with Gasteiger partial charge in [0.25, 0.3) is 5.91 Å². The molecule has 5 rings (SSSR count). The number of anilines is 1. The van der Waals surface area contributed by atoms with Gasteiger partial charge >= 0.3 is 18.0 Å². The zero-order valence-corrected chi connectivity index (χ0v) is 30.4. The Bertz CT molecular complexity index is 2040. The minimum atomic E-state index is -4.59. The van der Waals surface area contributed by atoms with Crippen molar-refractivity contribution < 1.29 is 37.1 Å². The predicted molar refractivity (Wildman–Crippen MR) is 196 cm³/mol. The van der Waals surface area contributed by atoms with Crippen LogP contribution in [0.1, 0.15) is 68.2 Å². The summed E-state index contributed by atoms with van der Waals surface area (Å²) in [6, 6.07) is 12.1. The number of halogens is 3. The lowest BCUT2D eigenvalue weighted by Crippen LogP contribution is -2.48. The summed E-state index contributed by atoms with van der Waals surface area (Å²) < 4.78 is 43.9. The molecule has 1 aliphatic rings. The molecule has 0 radical (unpaired) electrons. The van der Waals surface area contributed by atoms with Crippen LogP contribution in [0.3, 0.4) is 0 Å². The van der Waals surface area contributed by atoms with Crippen molar-refractivity contribution in [2.45, 2.75) is 84.2 Å². The van der Waals surface area contributed by atoms with Crippen LogP contribution in [0.5, 0.6) is 0 Å². The third-order valence-electron chi connectivity index (χ3n) is 9.37. The summed E-state index contributed by atoms with van der Waals surface area (Å²) in [4.78, 5) is 72.9. The first kappa shape index (κ1) is 39.5. The average molecular weight is 752 g/mol. The van der Waals surface area contributed by atoms with Gasteiger partial charge in [-0.2, -0.15) is 13.2 Å². The summed E-state index contributed by atoms with van der Waals surface area (Å²) in [6.45, 7) is 6.50. The molecule has 0 aliphatic heterocycles. The van der Waals surface area contributed by atoms with Crippen molar-refractivity contribution in [3.8, 4) is 11.1 Å². The number of aryl methyl sites for hydroxylation is 1. The number of amides is 4. The van der Waals surface area contributed by atoms with Crippen LogP contribution in [-0.4, -0.2) is 69.7 Å². The van der Waals surface area contributed by atoms with Crippen molar-refractivity contribution >= 4 is 40.5 Å². The van der Waals surface area contributed by atoms with E-state index < -0.39 is 36.2 Å². The summed E-state index contributed by atoms with van der Waals surface area (Å²) in [5, 5.41) is 10.5. The summed E-state index contributed by atoms with van der Waals surface area (Å²) in [5.41, 5.74) is 3.52. The SMILES string of the molecule is Cc1nc(C(=O)NC(C)C(F)(F)F)ccc1-c1ccc(C[C@H](NC(=O)C2CCC(CNC(=O)OC(C)C)CC2)C(=O)Nc2ccc3[nH]c(=O)[nH]c3c2)cc1. The number of carbonyl (C=O) groups excluding carboxylic acids is 4. The van der Waals surface area contributed by atoms with Gasteiger partial charge < -0.3 is 36.0 Å². The molecule has 6 N–H and O–H groups in total. The molecule has 288 valence electrons. The van der Waals surface area contributed by atoms with Crippen molar-refractivity contribution in [2.24, 2.45) is 11.8 Å². The molecule has 16 heteroatoms. The molecule has 0 saturated heterocycles. The summed E-state index contributed by atoms with van der Waals surface area (Å²) in [7, 11) is 0. The van der Waals surface area contributed by atoms with Crippen molar-refractivity contribution in [3.63, 3.8) is 0 Å². The Kier molecular flexibility index (Phi) is 12.4. The van der Waals surface area contributed by atoms with E-state index in [-0.39, 0.29) is 41.7 Å². The van der Waals surface area contributed by atoms with Crippen LogP contribution >= 0.6 is 0 Å². The zero-order valence-electron chi connectivity index (χ0n) is 30.4. The number of H-pyrrole nitrogens is 2. The number of carbonyl (C=O) groups is 4. The van der Waals surface area contributed by atoms with Gasteiger partial charge in [-0.25, -0.2) is 14.6 Å². The van der Waals surface area contributed by atoms with Crippen LogP contribution in [0.25, 0.3) is 22.2 Å². The molecule has 0 spiro atoms. The lowest BCUT2D eigenvalue weighted by Gasteiger charge is -2.29. The fourth-order valence-corrected chi connectivity index (χ4v) is 6.35. The van der Waals surface area contributed by atoms with Gasteiger partial charge in [-0.05, 0) is 94.7 Å². The molecule has 0 bridgehead atoms. The smallest absolute Gasteiger partial charge is 0.408 e. The van der Waals surface area contributed by atoms with E-state index in [0.29, 0.717) is 47.4 Å². The molecule has 1 unspecified atom stereocenters. The lowest BCUT2D eigenvalue weighted by molar-refractivity contribution is -0.149. The molecule has 13 nitrogen and oxygen atoms in total. The molecular weight excluding hydrogens is 707 g/mol. The molecule has 2 atom stereocenters. The first-order valence-corrected chi connectivity index (χ1v) is 17.8. The second-order valence-electron chi connectivity index (χ2n) is 13.9. The van der Waals surface area contributed by atoms with Crippen molar-refractivity contribution in [1.82, 2.24) is 30.9 Å². The minimum Gasteiger partial charge on any atom is -0.447 e. The Balaban J connectivity index is 1.27. The molecule has 2 heterocycles. The van der Waals surface area contributed by atoms with E-state index in [4.69, 9.17) is 4.74 Å². The molecule has 2 aromatic carbocycles. The van der Waals surface area contributed by atoms with Gasteiger partial charge in [-0.3, -0.25) is 14.4 Å². The van der Waals surface area contributed by atoms with Gasteiger partial charge in [0.05, 0.1) is 17.1 Å². The maximum Gasteiger partial charge on any atom is 0.408 e. The van der Waals surface area contributed by atoms with Gasteiger partial charge in [-0.1, -0.05) is 30.3 Å². The first-order chi connectivity index (χ1) is 25.5. The van der Waals surface area contributed by atoms with E-state index >= 15 is 0 Å². The normalized spacial score (nSPS) is 17.0. The van der Waals surface area contributed by atoms with Gasteiger partial charge in [0.15, 0.2) is 0 Å². The largest absolute Gasteiger partial charge is 0.447 e. The standard InChI is InChI=1S/C38H44F3N7O6/c1-20(2)54-37(53)42-19-24-7-11-26(12-8-24)33(49)46-32(35(51)45-27-13-15-29-31(18-27)48-36(52)47-29)17-23-5-9-25(10-6-23)28-14-16-30(43-21(28)3)34(50)44-22(4)38(39,40)41/h5-6,9-10,13-16,18,20,22,24,26,32H,7-8,11-12,17,19H2,1-4H3,(H,42,53)(H,44,50)(H,45,51)(H,46,49)(H2,47,48,52)/t22?,24?,26?,32-/m0/s1. The van der Waals surface area contributed by atoms with Crippen LogP contribution in [0.2, 0.25) is 0 Å². The molecule has 4 aromatic rings. The molecule has 1 aliphatic carbocycles. The molecule has 2 aromatic heterocycles. The van der Waals surface area contributed by atoms with Crippen LogP contribution < -0.4 is 27.0 Å². The molecular formula is C38H44F3N7O6. The number of alkyl halides is 3. The van der Waals surface area contributed by atoms with Crippen LogP contribution in [0.4, 0.5) is 23.7 Å². The molecule has 4 amide bonds. The highest BCUT2D eigenvalue weighted by Gasteiger charge is 2.37. The zero-order chi connectivity index (χ0) is 39.2. The van der Waals surface area contributed by atoms with E-state index in [0.717, 1.165) is 30.9 Å². The molecule has 1 fully saturated rings. The topological polar surface area (TPSA) is 187 Å². The predicted octanol–water partition coefficient (Wildman–Crippen LogP) is 5.51. The number of fused-ring (bicyclic) bond motifs is 1. The van der Waals surface area contributed by atoms with E-state index in [9.17, 15) is 37.1 Å². The quantitative estimate of drug-likeness (QED) is 0.110. The highest BCUT2D eigenvalue weighted by atomic mass is 19.4. The van der Waals surface area contributed by atoms with Crippen molar-refractivity contribution in [2.75, 3.05) is 11.9 Å². The maximum absolute atomic E-state index is 13.7. The highest BCUT2D eigenvalue weighted by molar-refractivity contribution is 5.99. The fourth-order valence-electron chi connectivity index (χ4n) is 6.35. The second kappa shape index (κ2) is 17.0. The van der Waals surface area contributed by atoms with Gasteiger partial charge in [0, 0.05) is 35.8 Å². The Labute approximate surface area is 309 Å². The number of pyridine rings is 1.